The minimum atomic E-state index is -0.195. The number of thiophene rings is 1. The van der Waals surface area contributed by atoms with Gasteiger partial charge in [-0.25, -0.2) is 0 Å². The maximum Gasteiger partial charge on any atom is 0.267 e. The molecule has 100 valence electrons. The molecule has 0 bridgehead atoms. The van der Waals surface area contributed by atoms with Crippen LogP contribution in [0.3, 0.4) is 0 Å². The van der Waals surface area contributed by atoms with E-state index in [2.05, 4.69) is 5.32 Å². The van der Waals surface area contributed by atoms with Crippen molar-refractivity contribution in [1.82, 2.24) is 0 Å². The number of halogens is 1. The number of rotatable bonds is 5. The van der Waals surface area contributed by atoms with Crippen LogP contribution >= 0.6 is 22.9 Å². The third-order valence-corrected chi connectivity index (χ3v) is 3.97. The Balaban J connectivity index is 2.07. The van der Waals surface area contributed by atoms with Crippen molar-refractivity contribution in [2.75, 3.05) is 11.9 Å². The van der Waals surface area contributed by atoms with Gasteiger partial charge in [0.25, 0.3) is 5.91 Å². The number of hydrogen-bond donors (Lipinski definition) is 2. The molecule has 2 rings (SSSR count). The van der Waals surface area contributed by atoms with Crippen LogP contribution in [-0.2, 0) is 6.42 Å². The van der Waals surface area contributed by atoms with Crippen molar-refractivity contribution in [1.29, 1.82) is 0 Å². The van der Waals surface area contributed by atoms with E-state index in [0.717, 1.165) is 17.7 Å². The fraction of sp³-hybridized carbons (Fsp3) is 0.214. The quantitative estimate of drug-likeness (QED) is 0.886. The molecule has 1 aromatic carbocycles. The standard InChI is InChI=1S/C14H14ClNO2S/c15-12-6-8-19-13(12)14(18)16-11-5-1-3-10(9-11)4-2-7-17/h1,3,5-6,8-9,17H,2,4,7H2,(H,16,18). The molecular formula is C14H14ClNO2S. The van der Waals surface area contributed by atoms with Gasteiger partial charge in [-0.15, -0.1) is 11.3 Å². The third-order valence-electron chi connectivity index (χ3n) is 2.63. The van der Waals surface area contributed by atoms with Crippen LogP contribution in [0.5, 0.6) is 0 Å². The first kappa shape index (κ1) is 14.1. The van der Waals surface area contributed by atoms with E-state index in [4.69, 9.17) is 16.7 Å². The molecule has 0 aliphatic carbocycles. The highest BCUT2D eigenvalue weighted by Gasteiger charge is 2.11. The molecule has 1 heterocycles. The third kappa shape index (κ3) is 3.80. The second kappa shape index (κ2) is 6.70. The number of hydrogen-bond acceptors (Lipinski definition) is 3. The van der Waals surface area contributed by atoms with Gasteiger partial charge in [-0.2, -0.15) is 0 Å². The maximum atomic E-state index is 12.0. The van der Waals surface area contributed by atoms with Gasteiger partial charge in [0, 0.05) is 12.3 Å². The van der Waals surface area contributed by atoms with Crippen molar-refractivity contribution in [3.8, 4) is 0 Å². The van der Waals surface area contributed by atoms with Gasteiger partial charge in [0.1, 0.15) is 4.88 Å². The molecular weight excluding hydrogens is 282 g/mol. The summed E-state index contributed by atoms with van der Waals surface area (Å²) in [6.45, 7) is 0.168. The van der Waals surface area contributed by atoms with Gasteiger partial charge in [-0.3, -0.25) is 4.79 Å². The first-order valence-electron chi connectivity index (χ1n) is 5.95. The van der Waals surface area contributed by atoms with E-state index in [9.17, 15) is 4.79 Å². The van der Waals surface area contributed by atoms with E-state index in [0.29, 0.717) is 16.3 Å². The molecule has 0 saturated carbocycles. The first-order valence-corrected chi connectivity index (χ1v) is 7.20. The summed E-state index contributed by atoms with van der Waals surface area (Å²) in [5.74, 6) is -0.195. The van der Waals surface area contributed by atoms with Crippen LogP contribution in [0.25, 0.3) is 0 Å². The molecule has 1 aromatic heterocycles. The molecule has 0 saturated heterocycles. The largest absolute Gasteiger partial charge is 0.396 e. The monoisotopic (exact) mass is 295 g/mol. The van der Waals surface area contributed by atoms with E-state index in [-0.39, 0.29) is 12.5 Å². The topological polar surface area (TPSA) is 49.3 Å². The number of anilines is 1. The Morgan fingerprint density at radius 1 is 1.37 bits per heavy atom. The Kier molecular flexibility index (Phi) is 4.96. The van der Waals surface area contributed by atoms with Crippen LogP contribution in [0.4, 0.5) is 5.69 Å². The average Bonchev–Trinajstić information content (AvgIpc) is 2.83. The molecule has 1 amide bonds. The maximum absolute atomic E-state index is 12.0. The number of carbonyl (C=O) groups excluding carboxylic acids is 1. The number of aryl methyl sites for hydroxylation is 1. The van der Waals surface area contributed by atoms with Gasteiger partial charge in [0.05, 0.1) is 5.02 Å². The highest BCUT2D eigenvalue weighted by Crippen LogP contribution is 2.23. The van der Waals surface area contributed by atoms with E-state index in [1.807, 2.05) is 24.3 Å². The molecule has 0 aliphatic heterocycles. The van der Waals surface area contributed by atoms with Crippen molar-refractivity contribution < 1.29 is 9.90 Å². The number of nitrogens with one attached hydrogen (secondary N) is 1. The molecule has 2 aromatic rings. The van der Waals surface area contributed by atoms with Crippen LogP contribution in [0.1, 0.15) is 21.7 Å². The highest BCUT2D eigenvalue weighted by atomic mass is 35.5. The molecule has 19 heavy (non-hydrogen) atoms. The summed E-state index contributed by atoms with van der Waals surface area (Å²) in [4.78, 5) is 12.5. The number of aliphatic hydroxyl groups excluding tert-OH is 1. The van der Waals surface area contributed by atoms with Gasteiger partial charge in [-0.1, -0.05) is 23.7 Å². The number of aliphatic hydroxyl groups is 1. The predicted molar refractivity (Wildman–Crippen MR) is 79.1 cm³/mol. The minimum Gasteiger partial charge on any atom is -0.396 e. The zero-order chi connectivity index (χ0) is 13.7. The highest BCUT2D eigenvalue weighted by molar-refractivity contribution is 7.12. The SMILES string of the molecule is O=C(Nc1cccc(CCCO)c1)c1sccc1Cl. The summed E-state index contributed by atoms with van der Waals surface area (Å²) < 4.78 is 0. The van der Waals surface area contributed by atoms with E-state index in [1.54, 1.807) is 11.4 Å². The van der Waals surface area contributed by atoms with Crippen molar-refractivity contribution >= 4 is 34.5 Å². The normalized spacial score (nSPS) is 10.4. The molecule has 2 N–H and O–H groups in total. The van der Waals surface area contributed by atoms with Crippen molar-refractivity contribution in [2.45, 2.75) is 12.8 Å². The van der Waals surface area contributed by atoms with Gasteiger partial charge in [0.2, 0.25) is 0 Å². The van der Waals surface area contributed by atoms with Crippen LogP contribution in [0.2, 0.25) is 5.02 Å². The van der Waals surface area contributed by atoms with Crippen LogP contribution in [0, 0.1) is 0 Å². The molecule has 0 fully saturated rings. The Hall–Kier alpha value is -1.36. The van der Waals surface area contributed by atoms with Gasteiger partial charge in [-0.05, 0) is 42.0 Å². The summed E-state index contributed by atoms with van der Waals surface area (Å²) in [6.07, 6.45) is 1.51. The van der Waals surface area contributed by atoms with Gasteiger partial charge in [0.15, 0.2) is 0 Å². The van der Waals surface area contributed by atoms with Gasteiger partial charge < -0.3 is 10.4 Å². The number of amides is 1. The lowest BCUT2D eigenvalue weighted by molar-refractivity contribution is 0.103. The number of carbonyl (C=O) groups is 1. The van der Waals surface area contributed by atoms with E-state index >= 15 is 0 Å². The van der Waals surface area contributed by atoms with E-state index < -0.39 is 0 Å². The predicted octanol–water partition coefficient (Wildman–Crippen LogP) is 3.58. The zero-order valence-electron chi connectivity index (χ0n) is 10.2. The fourth-order valence-corrected chi connectivity index (χ4v) is 2.77. The Morgan fingerprint density at radius 3 is 2.89 bits per heavy atom. The van der Waals surface area contributed by atoms with Crippen LogP contribution in [-0.4, -0.2) is 17.6 Å². The molecule has 0 aliphatic rings. The van der Waals surface area contributed by atoms with Crippen molar-refractivity contribution in [3.05, 3.63) is 51.2 Å². The Morgan fingerprint density at radius 2 is 2.21 bits per heavy atom. The average molecular weight is 296 g/mol. The molecule has 0 atom stereocenters. The van der Waals surface area contributed by atoms with Crippen molar-refractivity contribution in [2.24, 2.45) is 0 Å². The minimum absolute atomic E-state index is 0.168. The second-order valence-electron chi connectivity index (χ2n) is 4.08. The molecule has 0 spiro atoms. The Bertz CT molecular complexity index is 568. The first-order chi connectivity index (χ1) is 9.20. The Labute approximate surface area is 120 Å². The summed E-state index contributed by atoms with van der Waals surface area (Å²) in [5.41, 5.74) is 1.83. The second-order valence-corrected chi connectivity index (χ2v) is 5.40. The summed E-state index contributed by atoms with van der Waals surface area (Å²) in [6, 6.07) is 9.32. The van der Waals surface area contributed by atoms with Crippen LogP contribution < -0.4 is 5.32 Å². The zero-order valence-corrected chi connectivity index (χ0v) is 11.8. The summed E-state index contributed by atoms with van der Waals surface area (Å²) in [7, 11) is 0. The molecule has 5 heteroatoms. The summed E-state index contributed by atoms with van der Waals surface area (Å²) >= 11 is 7.24. The smallest absolute Gasteiger partial charge is 0.267 e. The van der Waals surface area contributed by atoms with Crippen molar-refractivity contribution in [3.63, 3.8) is 0 Å². The van der Waals surface area contributed by atoms with Crippen LogP contribution in [0.15, 0.2) is 35.7 Å². The fourth-order valence-electron chi connectivity index (χ4n) is 1.73. The van der Waals surface area contributed by atoms with E-state index in [1.165, 1.54) is 11.3 Å². The molecule has 3 nitrogen and oxygen atoms in total. The lowest BCUT2D eigenvalue weighted by atomic mass is 10.1. The van der Waals surface area contributed by atoms with Gasteiger partial charge >= 0.3 is 0 Å². The lowest BCUT2D eigenvalue weighted by Gasteiger charge is -2.06. The number of benzene rings is 1. The molecule has 0 radical (unpaired) electrons. The summed E-state index contributed by atoms with van der Waals surface area (Å²) in [5, 5.41) is 13.9. The lowest BCUT2D eigenvalue weighted by Crippen LogP contribution is -2.10. The molecule has 0 unspecified atom stereocenters.